The number of rotatable bonds is 3. The minimum atomic E-state index is -0.482. The monoisotopic (exact) mass is 452 g/mol. The quantitative estimate of drug-likeness (QED) is 0.390. The van der Waals surface area contributed by atoms with Gasteiger partial charge in [-0.3, -0.25) is 0 Å². The lowest BCUT2D eigenvalue weighted by Gasteiger charge is -2.34. The minimum absolute atomic E-state index is 0.0721. The van der Waals surface area contributed by atoms with Gasteiger partial charge in [-0.1, -0.05) is 38.1 Å². The van der Waals surface area contributed by atoms with Crippen molar-refractivity contribution in [2.45, 2.75) is 65.6 Å². The molecule has 6 rings (SSSR count). The summed E-state index contributed by atoms with van der Waals surface area (Å²) in [5.41, 5.74) is 6.18. The lowest BCUT2D eigenvalue weighted by atomic mass is 9.34. The average Bonchev–Trinajstić information content (AvgIpc) is 3.04. The molecule has 0 radical (unpaired) electrons. The van der Waals surface area contributed by atoms with E-state index in [4.69, 9.17) is 18.8 Å². The molecule has 1 saturated heterocycles. The lowest BCUT2D eigenvalue weighted by molar-refractivity contribution is 0.00578. The summed E-state index contributed by atoms with van der Waals surface area (Å²) in [4.78, 5) is 0. The van der Waals surface area contributed by atoms with Crippen molar-refractivity contribution in [3.05, 3.63) is 59.7 Å². The van der Waals surface area contributed by atoms with Gasteiger partial charge in [-0.05, 0) is 92.3 Å². The maximum Gasteiger partial charge on any atom is 0.495 e. The molecule has 3 heterocycles. The molecule has 3 aromatic rings. The minimum Gasteiger partial charge on any atom is -0.458 e. The van der Waals surface area contributed by atoms with E-state index in [-0.39, 0.29) is 6.71 Å². The van der Waals surface area contributed by atoms with Crippen LogP contribution in [-0.4, -0.2) is 25.0 Å². The molecule has 0 aliphatic carbocycles. The lowest BCUT2D eigenvalue weighted by Crippen LogP contribution is -2.58. The van der Waals surface area contributed by atoms with E-state index in [9.17, 15) is 0 Å². The van der Waals surface area contributed by atoms with Crippen LogP contribution in [0, 0.1) is 0 Å². The highest BCUT2D eigenvalue weighted by molar-refractivity contribution is 6.98. The van der Waals surface area contributed by atoms with Gasteiger partial charge >= 0.3 is 7.12 Å². The van der Waals surface area contributed by atoms with Gasteiger partial charge in [0.05, 0.1) is 11.2 Å². The zero-order chi connectivity index (χ0) is 23.8. The highest BCUT2D eigenvalue weighted by Crippen LogP contribution is 2.39. The van der Waals surface area contributed by atoms with Gasteiger partial charge in [0.1, 0.15) is 23.0 Å². The normalized spacial score (nSPS) is 18.5. The van der Waals surface area contributed by atoms with Gasteiger partial charge in [-0.2, -0.15) is 0 Å². The van der Waals surface area contributed by atoms with Crippen molar-refractivity contribution < 1.29 is 18.8 Å². The zero-order valence-electron chi connectivity index (χ0n) is 20.8. The van der Waals surface area contributed by atoms with Crippen molar-refractivity contribution in [3.8, 4) is 23.0 Å². The van der Waals surface area contributed by atoms with E-state index in [1.54, 1.807) is 0 Å². The molecule has 0 unspecified atom stereocenters. The summed E-state index contributed by atoms with van der Waals surface area (Å²) >= 11 is 0. The summed E-state index contributed by atoms with van der Waals surface area (Å²) in [5.74, 6) is 3.44. The van der Waals surface area contributed by atoms with Gasteiger partial charge in [-0.15, -0.1) is 0 Å². The topological polar surface area (TPSA) is 36.9 Å². The summed E-state index contributed by atoms with van der Waals surface area (Å²) in [6, 6.07) is 17.3. The second kappa shape index (κ2) is 7.40. The molecule has 6 heteroatoms. The van der Waals surface area contributed by atoms with Crippen LogP contribution in [0.3, 0.4) is 0 Å². The Morgan fingerprint density at radius 2 is 1.12 bits per heavy atom. The fourth-order valence-corrected chi connectivity index (χ4v) is 5.18. The third-order valence-electron chi connectivity index (χ3n) is 7.97. The number of fused-ring (bicyclic) bond motifs is 4. The van der Waals surface area contributed by atoms with Gasteiger partial charge in [0.2, 0.25) is 0 Å². The molecule has 1 fully saturated rings. The van der Waals surface area contributed by atoms with Gasteiger partial charge in [0, 0.05) is 5.46 Å². The van der Waals surface area contributed by atoms with Crippen LogP contribution in [0.1, 0.15) is 52.7 Å². The first-order valence-corrected chi connectivity index (χ1v) is 12.4. The van der Waals surface area contributed by atoms with Crippen molar-refractivity contribution in [1.82, 2.24) is 0 Å². The smallest absolute Gasteiger partial charge is 0.458 e. The Labute approximate surface area is 202 Å². The highest BCUT2D eigenvalue weighted by atomic mass is 16.7. The number of benzene rings is 3. The van der Waals surface area contributed by atoms with Gasteiger partial charge in [0.15, 0.2) is 0 Å². The molecule has 172 valence electrons. The first-order valence-electron chi connectivity index (χ1n) is 12.4. The molecule has 0 spiro atoms. The van der Waals surface area contributed by atoms with Crippen LogP contribution in [0.25, 0.3) is 0 Å². The predicted molar refractivity (Wildman–Crippen MR) is 139 cm³/mol. The van der Waals surface area contributed by atoms with Crippen LogP contribution in [0.2, 0.25) is 0 Å². The molecule has 4 nitrogen and oxygen atoms in total. The number of hydrogen-bond donors (Lipinski definition) is 0. The average molecular weight is 452 g/mol. The van der Waals surface area contributed by atoms with Crippen LogP contribution < -0.4 is 31.3 Å². The van der Waals surface area contributed by atoms with Crippen LogP contribution in [0.4, 0.5) is 0 Å². The van der Waals surface area contributed by atoms with E-state index in [0.717, 1.165) is 46.8 Å². The molecule has 0 atom stereocenters. The van der Waals surface area contributed by atoms with Gasteiger partial charge in [-0.25, -0.2) is 0 Å². The molecule has 0 aromatic heterocycles. The van der Waals surface area contributed by atoms with Crippen molar-refractivity contribution in [1.29, 1.82) is 0 Å². The maximum absolute atomic E-state index is 6.51. The fourth-order valence-electron chi connectivity index (χ4n) is 5.18. The number of ether oxygens (including phenoxy) is 2. The van der Waals surface area contributed by atoms with Crippen molar-refractivity contribution in [3.63, 3.8) is 0 Å². The molecule has 0 bridgehead atoms. The molecule has 34 heavy (non-hydrogen) atoms. The van der Waals surface area contributed by atoms with E-state index in [2.05, 4.69) is 90.1 Å². The van der Waals surface area contributed by atoms with E-state index < -0.39 is 18.3 Å². The molecule has 3 aliphatic heterocycles. The molecule has 0 amide bonds. The molecule has 0 N–H and O–H groups in total. The molecule has 0 saturated carbocycles. The SMILES string of the molecule is CCc1ccc2c(c1)B1c3cc(CC)ccc3Oc3cc(B4OC(C)(C)C(C)(C)O4)cc(c31)O2. The van der Waals surface area contributed by atoms with Gasteiger partial charge in [0.25, 0.3) is 6.71 Å². The summed E-state index contributed by atoms with van der Waals surface area (Å²) in [5, 5.41) is 0. The Balaban J connectivity index is 1.53. The van der Waals surface area contributed by atoms with Crippen molar-refractivity contribution in [2.24, 2.45) is 0 Å². The van der Waals surface area contributed by atoms with Crippen LogP contribution >= 0.6 is 0 Å². The van der Waals surface area contributed by atoms with Crippen LogP contribution in [0.15, 0.2) is 48.5 Å². The standard InChI is InChI=1S/C28H30B2O4/c1-7-17-9-11-22-20(13-17)29-21-14-18(8-2)10-12-23(21)32-25-16-19(15-24(31-22)26(25)29)30-33-27(3,4)28(5,6)34-30/h9-16H,7-8H2,1-6H3. The highest BCUT2D eigenvalue weighted by Gasteiger charge is 2.52. The molecule has 3 aliphatic rings. The molecule has 3 aromatic carbocycles. The fraction of sp³-hybridized carbons (Fsp3) is 0.357. The first-order chi connectivity index (χ1) is 16.2. The van der Waals surface area contributed by atoms with Crippen LogP contribution in [0.5, 0.6) is 23.0 Å². The Morgan fingerprint density at radius 1 is 0.647 bits per heavy atom. The van der Waals surface area contributed by atoms with E-state index in [1.165, 1.54) is 22.1 Å². The summed E-state index contributed by atoms with van der Waals surface area (Å²) in [6.45, 7) is 12.7. The zero-order valence-corrected chi connectivity index (χ0v) is 20.8. The van der Waals surface area contributed by atoms with Gasteiger partial charge < -0.3 is 18.8 Å². The predicted octanol–water partition coefficient (Wildman–Crippen LogP) is 3.84. The van der Waals surface area contributed by atoms with Crippen molar-refractivity contribution in [2.75, 3.05) is 0 Å². The summed E-state index contributed by atoms with van der Waals surface area (Å²) in [6.07, 6.45) is 1.97. The second-order valence-corrected chi connectivity index (χ2v) is 10.6. The first kappa shape index (κ1) is 21.8. The number of aryl methyl sites for hydroxylation is 2. The summed E-state index contributed by atoms with van der Waals surface area (Å²) in [7, 11) is -0.482. The Bertz CT molecular complexity index is 1220. The molecular formula is C28H30B2O4. The van der Waals surface area contributed by atoms with E-state index >= 15 is 0 Å². The Kier molecular flexibility index (Phi) is 4.75. The van der Waals surface area contributed by atoms with E-state index in [0.29, 0.717) is 0 Å². The third kappa shape index (κ3) is 3.15. The van der Waals surface area contributed by atoms with E-state index in [1.807, 2.05) is 0 Å². The Morgan fingerprint density at radius 3 is 1.56 bits per heavy atom. The number of hydrogen-bond acceptors (Lipinski definition) is 4. The maximum atomic E-state index is 6.51. The second-order valence-electron chi connectivity index (χ2n) is 10.6. The molecular weight excluding hydrogens is 422 g/mol. The third-order valence-corrected chi connectivity index (χ3v) is 7.97. The largest absolute Gasteiger partial charge is 0.495 e. The Hall–Kier alpha value is -2.69. The summed E-state index contributed by atoms with van der Waals surface area (Å²) < 4.78 is 25.7. The van der Waals surface area contributed by atoms with Crippen molar-refractivity contribution >= 4 is 35.7 Å². The van der Waals surface area contributed by atoms with Crippen LogP contribution in [-0.2, 0) is 22.2 Å².